The third-order valence-electron chi connectivity index (χ3n) is 6.06. The van der Waals surface area contributed by atoms with E-state index >= 15 is 0 Å². The fourth-order valence-electron chi connectivity index (χ4n) is 3.71. The minimum Gasteiger partial charge on any atom is -0.459 e. The highest BCUT2D eigenvalue weighted by Gasteiger charge is 2.25. The number of hydrogen-bond acceptors (Lipinski definition) is 2. The molecule has 29 heavy (non-hydrogen) atoms. The second-order valence-electron chi connectivity index (χ2n) is 9.07. The number of allylic oxidation sites excluding steroid dienone is 2. The normalized spacial score (nSPS) is 13.7. The Bertz CT molecular complexity index is 388. The lowest BCUT2D eigenvalue weighted by Crippen LogP contribution is -2.31. The first-order valence-corrected chi connectivity index (χ1v) is 12.9. The van der Waals surface area contributed by atoms with Crippen LogP contribution >= 0.6 is 0 Å². The van der Waals surface area contributed by atoms with Crippen molar-refractivity contribution in [2.45, 2.75) is 155 Å². The van der Waals surface area contributed by atoms with Gasteiger partial charge < -0.3 is 4.74 Å². The van der Waals surface area contributed by atoms with E-state index in [1.165, 1.54) is 83.5 Å². The molecule has 0 N–H and O–H groups in total. The zero-order valence-electron chi connectivity index (χ0n) is 20.4. The van der Waals surface area contributed by atoms with E-state index in [9.17, 15) is 4.79 Å². The maximum absolute atomic E-state index is 12.2. The van der Waals surface area contributed by atoms with Gasteiger partial charge in [-0.3, -0.25) is 4.79 Å². The molecular formula is C27H52O2. The summed E-state index contributed by atoms with van der Waals surface area (Å²) in [6.07, 6.45) is 27.5. The molecule has 0 amide bonds. The summed E-state index contributed by atoms with van der Waals surface area (Å²) in [6, 6.07) is 0. The first-order valence-electron chi connectivity index (χ1n) is 12.9. The molecule has 0 saturated heterocycles. The van der Waals surface area contributed by atoms with E-state index in [1.54, 1.807) is 0 Å². The average molecular weight is 409 g/mol. The first-order chi connectivity index (χ1) is 14.1. The molecule has 0 aromatic rings. The van der Waals surface area contributed by atoms with Crippen LogP contribution in [-0.4, -0.2) is 11.6 Å². The molecular weight excluding hydrogens is 356 g/mol. The highest BCUT2D eigenvalue weighted by Crippen LogP contribution is 2.24. The fraction of sp³-hybridized carbons (Fsp3) is 0.889. The molecule has 1 unspecified atom stereocenters. The van der Waals surface area contributed by atoms with E-state index in [-0.39, 0.29) is 11.6 Å². The molecule has 0 fully saturated rings. The van der Waals surface area contributed by atoms with Crippen molar-refractivity contribution in [3.63, 3.8) is 0 Å². The van der Waals surface area contributed by atoms with Gasteiger partial charge in [0.15, 0.2) is 0 Å². The Hall–Kier alpha value is -0.790. The number of carbonyl (C=O) groups is 1. The van der Waals surface area contributed by atoms with Crippen molar-refractivity contribution in [1.29, 1.82) is 0 Å². The molecule has 172 valence electrons. The summed E-state index contributed by atoms with van der Waals surface area (Å²) in [6.45, 7) is 8.71. The van der Waals surface area contributed by atoms with Crippen LogP contribution in [0.1, 0.15) is 150 Å². The van der Waals surface area contributed by atoms with E-state index in [4.69, 9.17) is 4.74 Å². The van der Waals surface area contributed by atoms with Crippen LogP contribution in [-0.2, 0) is 9.53 Å². The van der Waals surface area contributed by atoms with Gasteiger partial charge in [0.05, 0.1) is 0 Å². The fourth-order valence-corrected chi connectivity index (χ4v) is 3.71. The molecule has 2 heteroatoms. The van der Waals surface area contributed by atoms with E-state index in [0.717, 1.165) is 32.1 Å². The van der Waals surface area contributed by atoms with Crippen LogP contribution in [0.25, 0.3) is 0 Å². The Morgan fingerprint density at radius 3 is 1.72 bits per heavy atom. The number of esters is 1. The number of rotatable bonds is 21. The van der Waals surface area contributed by atoms with Crippen LogP contribution in [0.2, 0.25) is 0 Å². The molecule has 0 aliphatic heterocycles. The molecule has 0 bridgehead atoms. The second-order valence-corrected chi connectivity index (χ2v) is 9.07. The highest BCUT2D eigenvalue weighted by molar-refractivity contribution is 5.69. The highest BCUT2D eigenvalue weighted by atomic mass is 16.6. The summed E-state index contributed by atoms with van der Waals surface area (Å²) in [4.78, 5) is 12.2. The molecule has 0 aromatic heterocycles. The molecule has 2 nitrogen and oxygen atoms in total. The third-order valence-corrected chi connectivity index (χ3v) is 6.06. The van der Waals surface area contributed by atoms with Crippen LogP contribution in [0.4, 0.5) is 0 Å². The van der Waals surface area contributed by atoms with Gasteiger partial charge in [-0.15, -0.1) is 0 Å². The summed E-state index contributed by atoms with van der Waals surface area (Å²) in [5.74, 6) is 0.00322. The van der Waals surface area contributed by atoms with Crippen molar-refractivity contribution in [1.82, 2.24) is 0 Å². The molecule has 1 atom stereocenters. The van der Waals surface area contributed by atoms with Gasteiger partial charge in [0, 0.05) is 6.42 Å². The van der Waals surface area contributed by atoms with Gasteiger partial charge in [-0.1, -0.05) is 97.1 Å². The Balaban J connectivity index is 3.53. The van der Waals surface area contributed by atoms with Gasteiger partial charge in [0.25, 0.3) is 0 Å². The summed E-state index contributed by atoms with van der Waals surface area (Å²) in [7, 11) is 0. The standard InChI is InChI=1S/C27H52O2/c1-5-8-10-11-12-13-14-15-16-17-18-19-20-21-22-24-26(28)29-27(4,7-3)25-23-9-6-2/h15-16H,5-14,17-25H2,1-4H3. The Kier molecular flexibility index (Phi) is 19.9. The minimum absolute atomic E-state index is 0.00322. The summed E-state index contributed by atoms with van der Waals surface area (Å²) < 4.78 is 5.80. The number of unbranched alkanes of at least 4 members (excludes halogenated alkanes) is 13. The van der Waals surface area contributed by atoms with Gasteiger partial charge in [-0.05, 0) is 58.3 Å². The van der Waals surface area contributed by atoms with Gasteiger partial charge >= 0.3 is 5.97 Å². The zero-order valence-corrected chi connectivity index (χ0v) is 20.4. The molecule has 0 aliphatic carbocycles. The smallest absolute Gasteiger partial charge is 0.306 e. The number of ether oxygens (including phenoxy) is 1. The van der Waals surface area contributed by atoms with E-state index in [2.05, 4.69) is 39.8 Å². The first kappa shape index (κ1) is 28.2. The lowest BCUT2D eigenvalue weighted by Gasteiger charge is -2.28. The molecule has 0 aliphatic rings. The quantitative estimate of drug-likeness (QED) is 0.107. The van der Waals surface area contributed by atoms with Crippen molar-refractivity contribution >= 4 is 5.97 Å². The van der Waals surface area contributed by atoms with Crippen LogP contribution in [0.5, 0.6) is 0 Å². The van der Waals surface area contributed by atoms with E-state index in [0.29, 0.717) is 6.42 Å². The monoisotopic (exact) mass is 408 g/mol. The van der Waals surface area contributed by atoms with Crippen LogP contribution < -0.4 is 0 Å². The van der Waals surface area contributed by atoms with Gasteiger partial charge in [-0.25, -0.2) is 0 Å². The minimum atomic E-state index is -0.256. The maximum Gasteiger partial charge on any atom is 0.306 e. The van der Waals surface area contributed by atoms with Crippen LogP contribution in [0.15, 0.2) is 12.2 Å². The number of carbonyl (C=O) groups excluding carboxylic acids is 1. The molecule has 0 saturated carbocycles. The van der Waals surface area contributed by atoms with Gasteiger partial charge in [0.1, 0.15) is 5.60 Å². The Morgan fingerprint density at radius 2 is 1.17 bits per heavy atom. The molecule has 0 radical (unpaired) electrons. The van der Waals surface area contributed by atoms with E-state index < -0.39 is 0 Å². The van der Waals surface area contributed by atoms with Crippen molar-refractivity contribution in [2.24, 2.45) is 0 Å². The largest absolute Gasteiger partial charge is 0.459 e. The Labute approximate surface area is 183 Å². The predicted molar refractivity (Wildman–Crippen MR) is 128 cm³/mol. The molecule has 0 spiro atoms. The summed E-state index contributed by atoms with van der Waals surface area (Å²) in [5.41, 5.74) is -0.256. The maximum atomic E-state index is 12.2. The second kappa shape index (κ2) is 20.5. The molecule has 0 rings (SSSR count). The van der Waals surface area contributed by atoms with Crippen LogP contribution in [0.3, 0.4) is 0 Å². The van der Waals surface area contributed by atoms with Gasteiger partial charge in [-0.2, -0.15) is 0 Å². The zero-order chi connectivity index (χ0) is 21.6. The topological polar surface area (TPSA) is 26.3 Å². The predicted octanol–water partition coefficient (Wildman–Crippen LogP) is 9.32. The van der Waals surface area contributed by atoms with Gasteiger partial charge in [0.2, 0.25) is 0 Å². The summed E-state index contributed by atoms with van der Waals surface area (Å²) in [5, 5.41) is 0. The SMILES string of the molecule is CCCCCCCCC=CCCCCCCCC(=O)OC(C)(CC)CCCCC. The van der Waals surface area contributed by atoms with Crippen molar-refractivity contribution in [3.05, 3.63) is 12.2 Å². The lowest BCUT2D eigenvalue weighted by molar-refractivity contribution is -0.159. The molecule has 0 aromatic carbocycles. The lowest BCUT2D eigenvalue weighted by atomic mass is 9.95. The number of hydrogen-bond donors (Lipinski definition) is 0. The Morgan fingerprint density at radius 1 is 0.690 bits per heavy atom. The summed E-state index contributed by atoms with van der Waals surface area (Å²) >= 11 is 0. The van der Waals surface area contributed by atoms with E-state index in [1.807, 2.05) is 0 Å². The van der Waals surface area contributed by atoms with Crippen molar-refractivity contribution in [2.75, 3.05) is 0 Å². The molecule has 0 heterocycles. The van der Waals surface area contributed by atoms with Crippen molar-refractivity contribution in [3.8, 4) is 0 Å². The third kappa shape index (κ3) is 18.9. The average Bonchev–Trinajstić information content (AvgIpc) is 2.71. The van der Waals surface area contributed by atoms with Crippen molar-refractivity contribution < 1.29 is 9.53 Å². The van der Waals surface area contributed by atoms with Crippen LogP contribution in [0, 0.1) is 0 Å².